The first kappa shape index (κ1) is 19.9. The van der Waals surface area contributed by atoms with Crippen molar-refractivity contribution in [2.24, 2.45) is 21.6 Å². The highest BCUT2D eigenvalue weighted by Gasteiger charge is 2.91. The van der Waals surface area contributed by atoms with E-state index in [2.05, 4.69) is 17.1 Å². The maximum Gasteiger partial charge on any atom is 0.416 e. The van der Waals surface area contributed by atoms with Crippen LogP contribution in [0.5, 0.6) is 0 Å². The molecule has 1 heterocycles. The predicted molar refractivity (Wildman–Crippen MR) is 101 cm³/mol. The monoisotopic (exact) mass is 410 g/mol. The van der Waals surface area contributed by atoms with Crippen LogP contribution in [0.1, 0.15) is 30.9 Å². The van der Waals surface area contributed by atoms with Crippen molar-refractivity contribution in [3.05, 3.63) is 35.4 Å². The van der Waals surface area contributed by atoms with E-state index >= 15 is 0 Å². The second-order valence-electron chi connectivity index (χ2n) is 6.34. The molecule has 3 rings (SSSR count). The fraction of sp³-hybridized carbons (Fsp3) is 0.500. The number of aliphatic imine (C=N–C) groups is 1. The standard InChI is InChI=1S/C18H17F3N4S2/c1-3-26-18(27-4-2)16(10-23)13(15(16,9-22)14(24)25-18)11-5-7-12(8-6-11)17(19,20)21/h5-8,13H,3-4H2,1-2H3,(H2,24,25). The molecule has 1 aliphatic carbocycles. The first-order chi connectivity index (χ1) is 12.7. The van der Waals surface area contributed by atoms with E-state index in [0.29, 0.717) is 17.1 Å². The minimum atomic E-state index is -4.45. The summed E-state index contributed by atoms with van der Waals surface area (Å²) in [5.41, 5.74) is 3.37. The van der Waals surface area contributed by atoms with E-state index < -0.39 is 32.7 Å². The molecule has 4 nitrogen and oxygen atoms in total. The number of alkyl halides is 3. The SMILES string of the molecule is CCSC1(SCC)N=C(N)C2(C#N)C(c3ccc(C(F)(F)F)cc3)C12C#N. The van der Waals surface area contributed by atoms with Crippen LogP contribution >= 0.6 is 23.5 Å². The van der Waals surface area contributed by atoms with Gasteiger partial charge in [-0.2, -0.15) is 23.7 Å². The molecule has 3 unspecified atom stereocenters. The summed E-state index contributed by atoms with van der Waals surface area (Å²) in [5, 5.41) is 20.1. The van der Waals surface area contributed by atoms with E-state index in [1.54, 1.807) is 0 Å². The van der Waals surface area contributed by atoms with Crippen molar-refractivity contribution >= 4 is 29.4 Å². The normalized spacial score (nSPS) is 30.8. The van der Waals surface area contributed by atoms with Crippen LogP contribution in [-0.4, -0.2) is 21.5 Å². The molecular formula is C18H17F3N4S2. The molecule has 0 spiro atoms. The molecule has 0 saturated heterocycles. The minimum absolute atomic E-state index is 0.0957. The third-order valence-corrected chi connectivity index (χ3v) is 8.07. The number of benzene rings is 1. The zero-order valence-corrected chi connectivity index (χ0v) is 16.3. The van der Waals surface area contributed by atoms with Gasteiger partial charge in [0.25, 0.3) is 0 Å². The smallest absolute Gasteiger partial charge is 0.386 e. The Bertz CT molecular complexity index is 863. The molecule has 1 aromatic carbocycles. The summed E-state index contributed by atoms with van der Waals surface area (Å²) in [7, 11) is 0. The van der Waals surface area contributed by atoms with Gasteiger partial charge in [-0.25, -0.2) is 4.99 Å². The Morgan fingerprint density at radius 2 is 1.67 bits per heavy atom. The number of hydrogen-bond acceptors (Lipinski definition) is 6. The fourth-order valence-electron chi connectivity index (χ4n) is 4.11. The highest BCUT2D eigenvalue weighted by molar-refractivity contribution is 8.18. The second kappa shape index (κ2) is 6.35. The van der Waals surface area contributed by atoms with Gasteiger partial charge in [-0.3, -0.25) is 0 Å². The van der Waals surface area contributed by atoms with Gasteiger partial charge >= 0.3 is 6.18 Å². The van der Waals surface area contributed by atoms with Crippen LogP contribution in [0.3, 0.4) is 0 Å². The van der Waals surface area contributed by atoms with Crippen molar-refractivity contribution in [1.29, 1.82) is 10.5 Å². The van der Waals surface area contributed by atoms with Gasteiger partial charge in [-0.1, -0.05) is 26.0 Å². The topological polar surface area (TPSA) is 86.0 Å². The van der Waals surface area contributed by atoms with Gasteiger partial charge in [-0.05, 0) is 29.2 Å². The van der Waals surface area contributed by atoms with Crippen LogP contribution in [0.25, 0.3) is 0 Å². The number of nitriles is 2. The molecule has 0 radical (unpaired) electrons. The number of hydrogen-bond donors (Lipinski definition) is 1. The van der Waals surface area contributed by atoms with Gasteiger partial charge in [0.1, 0.15) is 16.7 Å². The van der Waals surface area contributed by atoms with E-state index in [-0.39, 0.29) is 5.84 Å². The summed E-state index contributed by atoms with van der Waals surface area (Å²) in [5.74, 6) is 0.805. The average molecular weight is 410 g/mol. The summed E-state index contributed by atoms with van der Waals surface area (Å²) in [4.78, 5) is 4.54. The molecule has 1 aromatic rings. The van der Waals surface area contributed by atoms with Crippen LogP contribution in [0, 0.1) is 33.5 Å². The summed E-state index contributed by atoms with van der Waals surface area (Å²) in [6.45, 7) is 3.86. The lowest BCUT2D eigenvalue weighted by Gasteiger charge is -2.31. The zero-order valence-electron chi connectivity index (χ0n) is 14.7. The highest BCUT2D eigenvalue weighted by atomic mass is 32.2. The summed E-state index contributed by atoms with van der Waals surface area (Å²) < 4.78 is 37.7. The maximum atomic E-state index is 12.9. The number of nitrogens with two attached hydrogens (primary N) is 1. The van der Waals surface area contributed by atoms with E-state index in [9.17, 15) is 23.7 Å². The Hall–Kier alpha value is -1.84. The Kier molecular flexibility index (Phi) is 4.69. The Balaban J connectivity index is 2.15. The first-order valence-corrected chi connectivity index (χ1v) is 10.3. The Labute approximate surface area is 164 Å². The molecule has 9 heteroatoms. The number of nitrogens with zero attached hydrogens (tertiary/aromatic N) is 3. The predicted octanol–water partition coefficient (Wildman–Crippen LogP) is 4.35. The fourth-order valence-corrected chi connectivity index (χ4v) is 7.37. The van der Waals surface area contributed by atoms with Crippen molar-refractivity contribution in [3.63, 3.8) is 0 Å². The molecule has 142 valence electrons. The summed E-state index contributed by atoms with van der Waals surface area (Å²) >= 11 is 2.90. The maximum absolute atomic E-state index is 12.9. The third kappa shape index (κ3) is 2.34. The number of rotatable bonds is 5. The van der Waals surface area contributed by atoms with Crippen molar-refractivity contribution in [2.45, 2.75) is 30.1 Å². The minimum Gasteiger partial charge on any atom is -0.386 e. The van der Waals surface area contributed by atoms with E-state index in [0.717, 1.165) is 12.1 Å². The molecule has 0 bridgehead atoms. The van der Waals surface area contributed by atoms with Crippen molar-refractivity contribution in [2.75, 3.05) is 11.5 Å². The molecule has 2 N–H and O–H groups in total. The van der Waals surface area contributed by atoms with E-state index in [1.165, 1.54) is 35.7 Å². The largest absolute Gasteiger partial charge is 0.416 e. The lowest BCUT2D eigenvalue weighted by molar-refractivity contribution is -0.137. The van der Waals surface area contributed by atoms with Crippen LogP contribution in [0.15, 0.2) is 29.3 Å². The van der Waals surface area contributed by atoms with Gasteiger partial charge in [0, 0.05) is 5.92 Å². The van der Waals surface area contributed by atoms with Crippen molar-refractivity contribution < 1.29 is 13.2 Å². The molecule has 1 aliphatic heterocycles. The number of thioether (sulfide) groups is 2. The second-order valence-corrected chi connectivity index (χ2v) is 9.51. The summed E-state index contributed by atoms with van der Waals surface area (Å²) in [6.07, 6.45) is -4.45. The molecule has 1 fully saturated rings. The molecule has 27 heavy (non-hydrogen) atoms. The van der Waals surface area contributed by atoms with Gasteiger partial charge in [0.15, 0.2) is 4.20 Å². The lowest BCUT2D eigenvalue weighted by Crippen LogP contribution is -2.31. The van der Waals surface area contributed by atoms with Crippen LogP contribution < -0.4 is 5.73 Å². The Morgan fingerprint density at radius 3 is 2.07 bits per heavy atom. The zero-order chi connectivity index (χ0) is 20.1. The number of fused-ring (bicyclic) bond motifs is 1. The van der Waals surface area contributed by atoms with Crippen LogP contribution in [-0.2, 0) is 6.18 Å². The first-order valence-electron chi connectivity index (χ1n) is 8.34. The number of amidine groups is 1. The molecular weight excluding hydrogens is 393 g/mol. The molecule has 0 aromatic heterocycles. The third-order valence-electron chi connectivity index (χ3n) is 5.18. The number of halogens is 3. The van der Waals surface area contributed by atoms with Crippen molar-refractivity contribution in [3.8, 4) is 12.1 Å². The van der Waals surface area contributed by atoms with E-state index in [1.807, 2.05) is 13.8 Å². The summed E-state index contributed by atoms with van der Waals surface area (Å²) in [6, 6.07) is 9.15. The van der Waals surface area contributed by atoms with Crippen molar-refractivity contribution in [1.82, 2.24) is 0 Å². The quantitative estimate of drug-likeness (QED) is 0.729. The van der Waals surface area contributed by atoms with E-state index in [4.69, 9.17) is 5.73 Å². The van der Waals surface area contributed by atoms with Gasteiger partial charge < -0.3 is 5.73 Å². The molecule has 1 saturated carbocycles. The Morgan fingerprint density at radius 1 is 1.11 bits per heavy atom. The molecule has 2 aliphatic rings. The highest BCUT2D eigenvalue weighted by Crippen LogP contribution is 2.85. The average Bonchev–Trinajstić information content (AvgIpc) is 3.20. The van der Waals surface area contributed by atoms with Gasteiger partial charge in [0.05, 0.1) is 17.7 Å². The molecule has 0 amide bonds. The van der Waals surface area contributed by atoms with Crippen LogP contribution in [0.4, 0.5) is 13.2 Å². The van der Waals surface area contributed by atoms with Gasteiger partial charge in [-0.15, -0.1) is 23.5 Å². The van der Waals surface area contributed by atoms with Gasteiger partial charge in [0.2, 0.25) is 0 Å². The molecule has 3 atom stereocenters. The lowest BCUT2D eigenvalue weighted by atomic mass is 9.97. The van der Waals surface area contributed by atoms with Crippen LogP contribution in [0.2, 0.25) is 0 Å².